The number of carbonyl (C=O) groups excluding carboxylic acids is 2. The number of fused-ring (bicyclic) bond motifs is 2. The van der Waals surface area contributed by atoms with E-state index in [1.807, 2.05) is 9.80 Å². The number of hydrogen-bond acceptors (Lipinski definition) is 3. The molecule has 6 heteroatoms. The van der Waals surface area contributed by atoms with Gasteiger partial charge in [-0.1, -0.05) is 0 Å². The third-order valence-electron chi connectivity index (χ3n) is 5.72. The maximum absolute atomic E-state index is 12.7. The summed E-state index contributed by atoms with van der Waals surface area (Å²) in [5.74, 6) is 0.550. The Hall–Kier alpha value is -1.30. The van der Waals surface area contributed by atoms with Crippen molar-refractivity contribution in [2.45, 2.75) is 50.2 Å². The van der Waals surface area contributed by atoms with E-state index >= 15 is 0 Å². The molecule has 0 spiro atoms. The van der Waals surface area contributed by atoms with Gasteiger partial charge in [0.05, 0.1) is 5.92 Å². The lowest BCUT2D eigenvalue weighted by Crippen LogP contribution is -2.50. The summed E-state index contributed by atoms with van der Waals surface area (Å²) >= 11 is 0. The number of carbonyl (C=O) groups is 2. The topological polar surface area (TPSA) is 64.7 Å². The summed E-state index contributed by atoms with van der Waals surface area (Å²) in [7, 11) is 0. The fourth-order valence-corrected chi connectivity index (χ4v) is 4.56. The summed E-state index contributed by atoms with van der Waals surface area (Å²) in [5.41, 5.74) is 0. The first kappa shape index (κ1) is 13.4. The minimum Gasteiger partial charge on any atom is -0.342 e. The minimum atomic E-state index is 0.0667. The predicted octanol–water partition coefficient (Wildman–Crippen LogP) is 0.143. The molecule has 2 bridgehead atoms. The van der Waals surface area contributed by atoms with Crippen LogP contribution in [0.25, 0.3) is 0 Å². The Morgan fingerprint density at radius 3 is 2.48 bits per heavy atom. The van der Waals surface area contributed by atoms with Crippen molar-refractivity contribution in [3.05, 3.63) is 0 Å². The Morgan fingerprint density at radius 1 is 1.10 bits per heavy atom. The van der Waals surface area contributed by atoms with Gasteiger partial charge in [-0.2, -0.15) is 0 Å². The Morgan fingerprint density at radius 2 is 1.90 bits per heavy atom. The van der Waals surface area contributed by atoms with Gasteiger partial charge in [-0.3, -0.25) is 4.79 Å². The lowest BCUT2D eigenvalue weighted by molar-refractivity contribution is -0.137. The van der Waals surface area contributed by atoms with Gasteiger partial charge in [0.25, 0.3) is 0 Å². The van der Waals surface area contributed by atoms with Crippen LogP contribution in [0.5, 0.6) is 0 Å². The second-order valence-corrected chi connectivity index (χ2v) is 6.87. The highest BCUT2D eigenvalue weighted by atomic mass is 16.2. The van der Waals surface area contributed by atoms with Crippen molar-refractivity contribution in [2.24, 2.45) is 5.92 Å². The van der Waals surface area contributed by atoms with Crippen molar-refractivity contribution in [1.82, 2.24) is 20.4 Å². The fraction of sp³-hybridized carbons (Fsp3) is 0.867. The van der Waals surface area contributed by atoms with Gasteiger partial charge in [-0.15, -0.1) is 0 Å². The van der Waals surface area contributed by atoms with Gasteiger partial charge < -0.3 is 20.4 Å². The van der Waals surface area contributed by atoms with Crippen molar-refractivity contribution in [3.8, 4) is 0 Å². The van der Waals surface area contributed by atoms with Crippen molar-refractivity contribution in [2.75, 3.05) is 26.2 Å². The number of hydrogen-bond donors (Lipinski definition) is 2. The fourth-order valence-electron chi connectivity index (χ4n) is 4.56. The molecule has 3 atom stereocenters. The van der Waals surface area contributed by atoms with Gasteiger partial charge in [0.2, 0.25) is 5.91 Å². The van der Waals surface area contributed by atoms with Crippen LogP contribution in [0, 0.1) is 5.92 Å². The number of nitrogens with one attached hydrogen (secondary N) is 2. The number of nitrogens with zero attached hydrogens (tertiary/aromatic N) is 2. The highest BCUT2D eigenvalue weighted by Crippen LogP contribution is 2.35. The monoisotopic (exact) mass is 292 g/mol. The Kier molecular flexibility index (Phi) is 3.28. The molecular weight excluding hydrogens is 268 g/mol. The average Bonchev–Trinajstić information content (AvgIpc) is 3.23. The maximum atomic E-state index is 12.7. The summed E-state index contributed by atoms with van der Waals surface area (Å²) in [5, 5.41) is 6.41. The summed E-state index contributed by atoms with van der Waals surface area (Å²) in [4.78, 5) is 28.4. The number of rotatable bonds is 2. The van der Waals surface area contributed by atoms with E-state index in [0.717, 1.165) is 51.9 Å². The molecule has 0 radical (unpaired) electrons. The average molecular weight is 292 g/mol. The minimum absolute atomic E-state index is 0.0667. The van der Waals surface area contributed by atoms with E-state index in [1.54, 1.807) is 0 Å². The van der Waals surface area contributed by atoms with Crippen LogP contribution in [0.15, 0.2) is 0 Å². The Labute approximate surface area is 125 Å². The molecule has 0 saturated carbocycles. The van der Waals surface area contributed by atoms with Crippen LogP contribution in [-0.2, 0) is 4.79 Å². The molecule has 4 aliphatic rings. The molecule has 116 valence electrons. The van der Waals surface area contributed by atoms with Crippen LogP contribution in [0.1, 0.15) is 32.1 Å². The van der Waals surface area contributed by atoms with Crippen LogP contribution >= 0.6 is 0 Å². The van der Waals surface area contributed by atoms with Crippen LogP contribution < -0.4 is 10.6 Å². The molecular formula is C15H24N4O2. The first-order chi connectivity index (χ1) is 10.2. The molecule has 0 aromatic heterocycles. The van der Waals surface area contributed by atoms with E-state index in [0.29, 0.717) is 24.0 Å². The predicted molar refractivity (Wildman–Crippen MR) is 77.8 cm³/mol. The summed E-state index contributed by atoms with van der Waals surface area (Å²) in [6.45, 7) is 3.19. The van der Waals surface area contributed by atoms with Crippen molar-refractivity contribution < 1.29 is 9.59 Å². The zero-order valence-corrected chi connectivity index (χ0v) is 12.4. The zero-order valence-electron chi connectivity index (χ0n) is 12.4. The third kappa shape index (κ3) is 2.29. The molecule has 4 saturated heterocycles. The largest absolute Gasteiger partial charge is 0.342 e. The molecule has 0 aliphatic carbocycles. The van der Waals surface area contributed by atoms with Crippen LogP contribution in [0.4, 0.5) is 4.79 Å². The molecule has 3 unspecified atom stereocenters. The van der Waals surface area contributed by atoms with E-state index in [-0.39, 0.29) is 11.9 Å². The Bertz CT molecular complexity index is 447. The first-order valence-corrected chi connectivity index (χ1v) is 8.31. The van der Waals surface area contributed by atoms with Gasteiger partial charge in [-0.05, 0) is 32.1 Å². The van der Waals surface area contributed by atoms with E-state index in [2.05, 4.69) is 10.6 Å². The second-order valence-electron chi connectivity index (χ2n) is 6.87. The molecule has 21 heavy (non-hydrogen) atoms. The maximum Gasteiger partial charge on any atom is 0.317 e. The van der Waals surface area contributed by atoms with Crippen LogP contribution in [0.2, 0.25) is 0 Å². The van der Waals surface area contributed by atoms with Crippen molar-refractivity contribution >= 4 is 11.9 Å². The molecule has 6 nitrogen and oxygen atoms in total. The lowest BCUT2D eigenvalue weighted by Gasteiger charge is -2.38. The molecule has 4 aliphatic heterocycles. The Balaban J connectivity index is 1.33. The summed E-state index contributed by atoms with van der Waals surface area (Å²) in [6.07, 6.45) is 5.27. The summed E-state index contributed by atoms with van der Waals surface area (Å²) < 4.78 is 0. The molecule has 2 N–H and O–H groups in total. The number of likely N-dealkylation sites (tertiary alicyclic amines) is 1. The van der Waals surface area contributed by atoms with E-state index in [1.165, 1.54) is 6.42 Å². The van der Waals surface area contributed by atoms with Crippen LogP contribution in [-0.4, -0.2) is 66.0 Å². The highest BCUT2D eigenvalue weighted by Gasteiger charge is 2.44. The van der Waals surface area contributed by atoms with Gasteiger partial charge in [0, 0.05) is 44.3 Å². The molecule has 3 amide bonds. The van der Waals surface area contributed by atoms with E-state index in [4.69, 9.17) is 0 Å². The molecule has 4 fully saturated rings. The van der Waals surface area contributed by atoms with Gasteiger partial charge >= 0.3 is 6.03 Å². The number of piperidine rings is 1. The lowest BCUT2D eigenvalue weighted by atomic mass is 9.87. The SMILES string of the molecule is O=C(C1CC2CCC1N2)N1CCC(N2CCNC2=O)CC1. The van der Waals surface area contributed by atoms with Gasteiger partial charge in [0.15, 0.2) is 0 Å². The molecule has 0 aromatic rings. The third-order valence-corrected chi connectivity index (χ3v) is 5.72. The van der Waals surface area contributed by atoms with Gasteiger partial charge in [-0.25, -0.2) is 4.79 Å². The van der Waals surface area contributed by atoms with Crippen molar-refractivity contribution in [1.29, 1.82) is 0 Å². The van der Waals surface area contributed by atoms with Gasteiger partial charge in [0.1, 0.15) is 0 Å². The number of urea groups is 1. The molecule has 0 aromatic carbocycles. The second kappa shape index (κ2) is 5.16. The van der Waals surface area contributed by atoms with Crippen molar-refractivity contribution in [3.63, 3.8) is 0 Å². The standard InChI is InChI=1S/C15H24N4O2/c20-14(12-9-10-1-2-13(12)17-10)18-6-3-11(4-7-18)19-8-5-16-15(19)21/h10-13,17H,1-9H2,(H,16,21). The number of amides is 3. The summed E-state index contributed by atoms with van der Waals surface area (Å²) in [6, 6.07) is 1.38. The van der Waals surface area contributed by atoms with E-state index < -0.39 is 0 Å². The smallest absolute Gasteiger partial charge is 0.317 e. The highest BCUT2D eigenvalue weighted by molar-refractivity contribution is 5.80. The molecule has 4 heterocycles. The quantitative estimate of drug-likeness (QED) is 0.761. The van der Waals surface area contributed by atoms with E-state index in [9.17, 15) is 9.59 Å². The molecule has 4 rings (SSSR count). The zero-order chi connectivity index (χ0) is 14.4. The first-order valence-electron chi connectivity index (χ1n) is 8.31. The van der Waals surface area contributed by atoms with Crippen LogP contribution in [0.3, 0.4) is 0 Å². The normalized spacial score (nSPS) is 36.4.